The molecule has 10 heteroatoms. The molecule has 1 rings (SSSR count). The lowest BCUT2D eigenvalue weighted by molar-refractivity contribution is -0.126. The van der Waals surface area contributed by atoms with Gasteiger partial charge in [-0.05, 0) is 24.6 Å². The Kier molecular flexibility index (Phi) is 5.31. The summed E-state index contributed by atoms with van der Waals surface area (Å²) in [5.74, 6) is -0.728. The maximum Gasteiger partial charge on any atom is 0.401 e. The van der Waals surface area contributed by atoms with Gasteiger partial charge in [0.2, 0.25) is 15.9 Å². The van der Waals surface area contributed by atoms with Crippen molar-refractivity contribution >= 4 is 21.6 Å². The normalized spacial score (nSPS) is 12.2. The third-order valence-corrected chi connectivity index (χ3v) is 3.53. The fourth-order valence-corrected chi connectivity index (χ4v) is 2.38. The van der Waals surface area contributed by atoms with Crippen LogP contribution in [0.2, 0.25) is 0 Å². The van der Waals surface area contributed by atoms with Crippen molar-refractivity contribution in [3.8, 4) is 0 Å². The molecule has 0 bridgehead atoms. The SMILES string of the molecule is Cc1c(NC(=O)CNCC(F)(F)F)cccc1S(N)(=O)=O. The van der Waals surface area contributed by atoms with Gasteiger partial charge < -0.3 is 10.6 Å². The van der Waals surface area contributed by atoms with Gasteiger partial charge in [0.15, 0.2) is 0 Å². The van der Waals surface area contributed by atoms with E-state index in [9.17, 15) is 26.4 Å². The van der Waals surface area contributed by atoms with Crippen LogP contribution in [0.5, 0.6) is 0 Å². The molecule has 0 fully saturated rings. The standard InChI is InChI=1S/C11H14F3N3O3S/c1-7-8(3-2-4-9(7)21(15,19)20)17-10(18)5-16-6-11(12,13)14/h2-4,16H,5-6H2,1H3,(H,17,18)(H2,15,19,20). The highest BCUT2D eigenvalue weighted by Gasteiger charge is 2.26. The number of alkyl halides is 3. The molecule has 0 aliphatic rings. The second-order valence-electron chi connectivity index (χ2n) is 4.24. The van der Waals surface area contributed by atoms with Gasteiger partial charge in [0.05, 0.1) is 18.0 Å². The van der Waals surface area contributed by atoms with Crippen molar-refractivity contribution < 1.29 is 26.4 Å². The Labute approximate surface area is 119 Å². The summed E-state index contributed by atoms with van der Waals surface area (Å²) in [4.78, 5) is 11.3. The maximum atomic E-state index is 11.9. The first-order valence-electron chi connectivity index (χ1n) is 5.70. The number of nitrogens with two attached hydrogens (primary N) is 1. The van der Waals surface area contributed by atoms with E-state index >= 15 is 0 Å². The van der Waals surface area contributed by atoms with E-state index in [0.29, 0.717) is 0 Å². The zero-order chi connectivity index (χ0) is 16.3. The summed E-state index contributed by atoms with van der Waals surface area (Å²) in [6.07, 6.45) is -4.41. The minimum atomic E-state index is -4.41. The smallest absolute Gasteiger partial charge is 0.325 e. The molecule has 0 unspecified atom stereocenters. The van der Waals surface area contributed by atoms with Crippen LogP contribution in [0.4, 0.5) is 18.9 Å². The summed E-state index contributed by atoms with van der Waals surface area (Å²) in [5, 5.41) is 9.26. The lowest BCUT2D eigenvalue weighted by Crippen LogP contribution is -2.35. The van der Waals surface area contributed by atoms with E-state index in [1.54, 1.807) is 0 Å². The van der Waals surface area contributed by atoms with Crippen LogP contribution in [0.1, 0.15) is 5.56 Å². The number of nitrogens with one attached hydrogen (secondary N) is 2. The Morgan fingerprint density at radius 3 is 2.48 bits per heavy atom. The maximum absolute atomic E-state index is 11.9. The lowest BCUT2D eigenvalue weighted by Gasteiger charge is -2.12. The number of primary sulfonamides is 1. The van der Waals surface area contributed by atoms with Gasteiger partial charge in [-0.2, -0.15) is 13.2 Å². The predicted molar refractivity (Wildman–Crippen MR) is 70.1 cm³/mol. The van der Waals surface area contributed by atoms with Gasteiger partial charge in [0, 0.05) is 5.69 Å². The summed E-state index contributed by atoms with van der Waals surface area (Å²) < 4.78 is 58.3. The molecule has 0 aromatic heterocycles. The first-order chi connectivity index (χ1) is 9.50. The lowest BCUT2D eigenvalue weighted by atomic mass is 10.2. The minimum Gasteiger partial charge on any atom is -0.325 e. The van der Waals surface area contributed by atoms with Crippen molar-refractivity contribution in [3.63, 3.8) is 0 Å². The van der Waals surface area contributed by atoms with Gasteiger partial charge in [0.1, 0.15) is 0 Å². The Hall–Kier alpha value is -1.65. The number of amides is 1. The fraction of sp³-hybridized carbons (Fsp3) is 0.364. The zero-order valence-electron chi connectivity index (χ0n) is 11.0. The molecule has 0 saturated carbocycles. The summed E-state index contributed by atoms with van der Waals surface area (Å²) in [6.45, 7) is -0.423. The summed E-state index contributed by atoms with van der Waals surface area (Å²) in [5.41, 5.74) is 0.379. The van der Waals surface area contributed by atoms with Gasteiger partial charge in [-0.3, -0.25) is 4.79 Å². The second kappa shape index (κ2) is 6.41. The van der Waals surface area contributed by atoms with Gasteiger partial charge in [-0.15, -0.1) is 0 Å². The van der Waals surface area contributed by atoms with Crippen LogP contribution in [-0.2, 0) is 14.8 Å². The van der Waals surface area contributed by atoms with Gasteiger partial charge in [-0.25, -0.2) is 13.6 Å². The highest BCUT2D eigenvalue weighted by atomic mass is 32.2. The summed E-state index contributed by atoms with van der Waals surface area (Å²) in [7, 11) is -3.94. The second-order valence-corrected chi connectivity index (χ2v) is 5.77. The van der Waals surface area contributed by atoms with E-state index in [1.165, 1.54) is 25.1 Å². The van der Waals surface area contributed by atoms with Crippen molar-refractivity contribution in [2.24, 2.45) is 5.14 Å². The van der Waals surface area contributed by atoms with Gasteiger partial charge in [-0.1, -0.05) is 6.07 Å². The van der Waals surface area contributed by atoms with Crippen LogP contribution >= 0.6 is 0 Å². The Bertz CT molecular complexity index is 629. The molecule has 0 atom stereocenters. The average molecular weight is 325 g/mol. The van der Waals surface area contributed by atoms with Crippen molar-refractivity contribution in [2.45, 2.75) is 18.0 Å². The fourth-order valence-electron chi connectivity index (χ4n) is 1.57. The Balaban J connectivity index is 2.74. The van der Waals surface area contributed by atoms with Crippen LogP contribution in [0.25, 0.3) is 0 Å². The number of sulfonamides is 1. The molecule has 4 N–H and O–H groups in total. The van der Waals surface area contributed by atoms with Crippen LogP contribution in [-0.4, -0.2) is 33.6 Å². The van der Waals surface area contributed by atoms with Crippen LogP contribution < -0.4 is 15.8 Å². The molecule has 21 heavy (non-hydrogen) atoms. The zero-order valence-corrected chi connectivity index (χ0v) is 11.8. The molecule has 0 saturated heterocycles. The third kappa shape index (κ3) is 5.69. The van der Waals surface area contributed by atoms with Crippen LogP contribution in [0, 0.1) is 6.92 Å². The molecule has 0 aliphatic heterocycles. The molecular formula is C11H14F3N3O3S. The van der Waals surface area contributed by atoms with Crippen LogP contribution in [0.15, 0.2) is 23.1 Å². The minimum absolute atomic E-state index is 0.163. The number of benzene rings is 1. The molecular weight excluding hydrogens is 311 g/mol. The van der Waals surface area contributed by atoms with Crippen molar-refractivity contribution in [2.75, 3.05) is 18.4 Å². The van der Waals surface area contributed by atoms with E-state index in [2.05, 4.69) is 5.32 Å². The molecule has 0 aliphatic carbocycles. The quantitative estimate of drug-likeness (QED) is 0.743. The molecule has 0 heterocycles. The van der Waals surface area contributed by atoms with Gasteiger partial charge in [0.25, 0.3) is 0 Å². The number of hydrogen-bond acceptors (Lipinski definition) is 4. The summed E-state index contributed by atoms with van der Waals surface area (Å²) in [6, 6.07) is 4.05. The largest absolute Gasteiger partial charge is 0.401 e. The highest BCUT2D eigenvalue weighted by Crippen LogP contribution is 2.21. The molecule has 0 spiro atoms. The van der Waals surface area contributed by atoms with Crippen LogP contribution in [0.3, 0.4) is 0 Å². The van der Waals surface area contributed by atoms with Crippen molar-refractivity contribution in [1.29, 1.82) is 0 Å². The van der Waals surface area contributed by atoms with E-state index in [1.807, 2.05) is 5.32 Å². The van der Waals surface area contributed by atoms with E-state index < -0.39 is 35.2 Å². The topological polar surface area (TPSA) is 101 Å². The predicted octanol–water partition coefficient (Wildman–Crippen LogP) is 0.733. The van der Waals surface area contributed by atoms with E-state index in [4.69, 9.17) is 5.14 Å². The Morgan fingerprint density at radius 2 is 1.95 bits per heavy atom. The Morgan fingerprint density at radius 1 is 1.33 bits per heavy atom. The monoisotopic (exact) mass is 325 g/mol. The van der Waals surface area contributed by atoms with Crippen molar-refractivity contribution in [3.05, 3.63) is 23.8 Å². The van der Waals surface area contributed by atoms with E-state index in [0.717, 1.165) is 0 Å². The number of hydrogen-bond donors (Lipinski definition) is 3. The first-order valence-corrected chi connectivity index (χ1v) is 7.25. The average Bonchev–Trinajstić information content (AvgIpc) is 2.28. The molecule has 1 aromatic carbocycles. The number of carbonyl (C=O) groups excluding carboxylic acids is 1. The number of carbonyl (C=O) groups is 1. The van der Waals surface area contributed by atoms with Crippen molar-refractivity contribution in [1.82, 2.24) is 5.32 Å². The summed E-state index contributed by atoms with van der Waals surface area (Å²) >= 11 is 0. The highest BCUT2D eigenvalue weighted by molar-refractivity contribution is 7.89. The molecule has 1 aromatic rings. The molecule has 1 amide bonds. The molecule has 0 radical (unpaired) electrons. The first kappa shape index (κ1) is 17.4. The molecule has 6 nitrogen and oxygen atoms in total. The van der Waals surface area contributed by atoms with E-state index in [-0.39, 0.29) is 16.1 Å². The number of rotatable bonds is 5. The van der Waals surface area contributed by atoms with Gasteiger partial charge >= 0.3 is 6.18 Å². The number of halogens is 3. The number of anilines is 1. The molecule has 118 valence electrons. The third-order valence-electron chi connectivity index (χ3n) is 2.48.